The molecule has 0 aromatic carbocycles. The van der Waals surface area contributed by atoms with Crippen LogP contribution in [0.4, 0.5) is 0 Å². The van der Waals surface area contributed by atoms with Crippen molar-refractivity contribution >= 4 is 15.9 Å². The average Bonchev–Trinajstić information content (AvgIpc) is 2.14. The molecule has 0 radical (unpaired) electrons. The van der Waals surface area contributed by atoms with Crippen LogP contribution in [-0.2, 0) is 14.8 Å². The van der Waals surface area contributed by atoms with Gasteiger partial charge in [0.15, 0.2) is 0 Å². The fourth-order valence-electron chi connectivity index (χ4n) is 1.93. The van der Waals surface area contributed by atoms with Crippen molar-refractivity contribution in [3.8, 4) is 0 Å². The van der Waals surface area contributed by atoms with E-state index < -0.39 is 10.0 Å². The number of piperidine rings is 1. The molecule has 1 fully saturated rings. The van der Waals surface area contributed by atoms with Crippen molar-refractivity contribution in [3.05, 3.63) is 0 Å². The zero-order valence-corrected chi connectivity index (χ0v) is 11.8. The third-order valence-corrected chi connectivity index (χ3v) is 3.99. The molecule has 17 heavy (non-hydrogen) atoms. The zero-order chi connectivity index (χ0) is 13.3. The lowest BCUT2D eigenvalue weighted by Crippen LogP contribution is -2.49. The van der Waals surface area contributed by atoms with Crippen LogP contribution < -0.4 is 5.32 Å². The van der Waals surface area contributed by atoms with Crippen molar-refractivity contribution < 1.29 is 13.2 Å². The first-order chi connectivity index (χ1) is 7.59. The van der Waals surface area contributed by atoms with Gasteiger partial charge in [0, 0.05) is 18.6 Å². The summed E-state index contributed by atoms with van der Waals surface area (Å²) in [5.74, 6) is -0.274. The van der Waals surface area contributed by atoms with Crippen LogP contribution >= 0.6 is 0 Å². The van der Waals surface area contributed by atoms with Crippen molar-refractivity contribution in [2.24, 2.45) is 5.92 Å². The maximum atomic E-state index is 12.0. The summed E-state index contributed by atoms with van der Waals surface area (Å²) in [5, 5.41) is 2.90. The van der Waals surface area contributed by atoms with E-state index in [4.69, 9.17) is 0 Å². The number of rotatable bonds is 2. The molecule has 0 spiro atoms. The minimum Gasteiger partial charge on any atom is -0.351 e. The van der Waals surface area contributed by atoms with E-state index in [-0.39, 0.29) is 17.4 Å². The first-order valence-electron chi connectivity index (χ1n) is 5.87. The van der Waals surface area contributed by atoms with Crippen LogP contribution in [0.1, 0.15) is 33.6 Å². The van der Waals surface area contributed by atoms with Crippen molar-refractivity contribution in [2.45, 2.75) is 39.2 Å². The van der Waals surface area contributed by atoms with Crippen molar-refractivity contribution in [1.29, 1.82) is 0 Å². The first-order valence-corrected chi connectivity index (χ1v) is 7.71. The first kappa shape index (κ1) is 14.4. The van der Waals surface area contributed by atoms with Gasteiger partial charge in [0.05, 0.1) is 12.2 Å². The quantitative estimate of drug-likeness (QED) is 0.791. The Hall–Kier alpha value is -0.620. The minimum absolute atomic E-state index is 0.0501. The molecule has 1 aliphatic rings. The topological polar surface area (TPSA) is 66.5 Å². The second-order valence-electron chi connectivity index (χ2n) is 5.70. The number of sulfonamides is 1. The molecule has 0 saturated carbocycles. The molecule has 6 heteroatoms. The average molecular weight is 262 g/mol. The second-order valence-corrected chi connectivity index (χ2v) is 7.68. The summed E-state index contributed by atoms with van der Waals surface area (Å²) in [6.45, 7) is 6.59. The molecule has 0 bridgehead atoms. The Bertz CT molecular complexity index is 384. The van der Waals surface area contributed by atoms with Gasteiger partial charge in [0.25, 0.3) is 0 Å². The summed E-state index contributed by atoms with van der Waals surface area (Å²) in [5.41, 5.74) is -0.273. The van der Waals surface area contributed by atoms with E-state index >= 15 is 0 Å². The number of carbonyl (C=O) groups excluding carboxylic acids is 1. The monoisotopic (exact) mass is 262 g/mol. The molecule has 0 aliphatic carbocycles. The normalized spacial score (nSPS) is 23.4. The summed E-state index contributed by atoms with van der Waals surface area (Å²) in [4.78, 5) is 12.0. The van der Waals surface area contributed by atoms with Gasteiger partial charge in [-0.2, -0.15) is 0 Å². The maximum absolute atomic E-state index is 12.0. The van der Waals surface area contributed by atoms with Crippen molar-refractivity contribution in [2.75, 3.05) is 19.3 Å². The molecule has 0 aromatic heterocycles. The van der Waals surface area contributed by atoms with Gasteiger partial charge in [-0.1, -0.05) is 0 Å². The molecule has 1 aliphatic heterocycles. The van der Waals surface area contributed by atoms with Gasteiger partial charge < -0.3 is 5.32 Å². The lowest BCUT2D eigenvalue weighted by Gasteiger charge is -2.32. The Morgan fingerprint density at radius 2 is 1.94 bits per heavy atom. The number of nitrogens with one attached hydrogen (secondary N) is 1. The van der Waals surface area contributed by atoms with E-state index in [1.165, 1.54) is 10.6 Å². The fraction of sp³-hybridized carbons (Fsp3) is 0.909. The Balaban J connectivity index is 2.64. The molecular formula is C11H22N2O3S. The smallest absolute Gasteiger partial charge is 0.224 e. The number of hydrogen-bond donors (Lipinski definition) is 1. The molecule has 0 unspecified atom stereocenters. The molecule has 1 atom stereocenters. The molecule has 100 valence electrons. The summed E-state index contributed by atoms with van der Waals surface area (Å²) in [6.07, 6.45) is 2.69. The highest BCUT2D eigenvalue weighted by molar-refractivity contribution is 7.88. The van der Waals surface area contributed by atoms with Gasteiger partial charge in [-0.25, -0.2) is 12.7 Å². The van der Waals surface area contributed by atoms with Gasteiger partial charge >= 0.3 is 0 Å². The zero-order valence-electron chi connectivity index (χ0n) is 11.0. The van der Waals surface area contributed by atoms with Gasteiger partial charge in [-0.15, -0.1) is 0 Å². The van der Waals surface area contributed by atoms with Crippen molar-refractivity contribution in [1.82, 2.24) is 9.62 Å². The highest BCUT2D eigenvalue weighted by Crippen LogP contribution is 2.19. The maximum Gasteiger partial charge on any atom is 0.224 e. The SMILES string of the molecule is CC(C)(C)NC(=O)[C@H]1CCCN(S(C)(=O)=O)C1. The predicted molar refractivity (Wildman–Crippen MR) is 67.0 cm³/mol. The molecule has 5 nitrogen and oxygen atoms in total. The number of amides is 1. The number of nitrogens with zero attached hydrogens (tertiary/aromatic N) is 1. The third-order valence-electron chi connectivity index (χ3n) is 2.72. The van der Waals surface area contributed by atoms with E-state index in [9.17, 15) is 13.2 Å². The Morgan fingerprint density at radius 1 is 1.35 bits per heavy atom. The second kappa shape index (κ2) is 4.94. The summed E-state index contributed by atoms with van der Waals surface area (Å²) in [7, 11) is -3.18. The van der Waals surface area contributed by atoms with Gasteiger partial charge in [0.1, 0.15) is 0 Å². The highest BCUT2D eigenvalue weighted by atomic mass is 32.2. The van der Waals surface area contributed by atoms with Crippen LogP contribution in [0.5, 0.6) is 0 Å². The molecule has 1 heterocycles. The third kappa shape index (κ3) is 4.63. The largest absolute Gasteiger partial charge is 0.351 e. The molecule has 1 rings (SSSR count). The Kier molecular flexibility index (Phi) is 4.19. The van der Waals surface area contributed by atoms with Gasteiger partial charge in [-0.3, -0.25) is 4.79 Å². The molecule has 0 aromatic rings. The van der Waals surface area contributed by atoms with Crippen LogP contribution in [0, 0.1) is 5.92 Å². The predicted octanol–water partition coefficient (Wildman–Crippen LogP) is 0.573. The van der Waals surface area contributed by atoms with E-state index in [1.807, 2.05) is 20.8 Å². The summed E-state index contributed by atoms with van der Waals surface area (Å²) >= 11 is 0. The summed E-state index contributed by atoms with van der Waals surface area (Å²) in [6, 6.07) is 0. The van der Waals surface area contributed by atoms with Crippen LogP contribution in [0.15, 0.2) is 0 Å². The van der Waals surface area contributed by atoms with E-state index in [0.29, 0.717) is 13.1 Å². The van der Waals surface area contributed by atoms with Crippen molar-refractivity contribution in [3.63, 3.8) is 0 Å². The highest BCUT2D eigenvalue weighted by Gasteiger charge is 2.31. The van der Waals surface area contributed by atoms with E-state index in [2.05, 4.69) is 5.32 Å². The molecule has 1 saturated heterocycles. The number of carbonyl (C=O) groups is 1. The fourth-order valence-corrected chi connectivity index (χ4v) is 2.84. The van der Waals surface area contributed by atoms with Gasteiger partial charge in [-0.05, 0) is 33.6 Å². The van der Waals surface area contributed by atoms with E-state index in [0.717, 1.165) is 12.8 Å². The van der Waals surface area contributed by atoms with Crippen LogP contribution in [-0.4, -0.2) is 43.5 Å². The lowest BCUT2D eigenvalue weighted by atomic mass is 9.97. The standard InChI is InChI=1S/C11H22N2O3S/c1-11(2,3)12-10(14)9-6-5-7-13(8-9)17(4,15)16/h9H,5-8H2,1-4H3,(H,12,14)/t9-/m0/s1. The van der Waals surface area contributed by atoms with Gasteiger partial charge in [0.2, 0.25) is 15.9 Å². The Morgan fingerprint density at radius 3 is 2.41 bits per heavy atom. The molecular weight excluding hydrogens is 240 g/mol. The molecule has 1 N–H and O–H groups in total. The summed E-state index contributed by atoms with van der Waals surface area (Å²) < 4.78 is 24.3. The van der Waals surface area contributed by atoms with E-state index in [1.54, 1.807) is 0 Å². The molecule has 1 amide bonds. The van der Waals surface area contributed by atoms with Crippen LogP contribution in [0.3, 0.4) is 0 Å². The minimum atomic E-state index is -3.18. The lowest BCUT2D eigenvalue weighted by molar-refractivity contribution is -0.127. The number of hydrogen-bond acceptors (Lipinski definition) is 3. The van der Waals surface area contributed by atoms with Crippen LogP contribution in [0.2, 0.25) is 0 Å². The Labute approximate surface area is 104 Å². The van der Waals surface area contributed by atoms with Crippen LogP contribution in [0.25, 0.3) is 0 Å².